The Hall–Kier alpha value is -2.52. The average molecular weight is 414 g/mol. The van der Waals surface area contributed by atoms with E-state index in [1.54, 1.807) is 0 Å². The van der Waals surface area contributed by atoms with Crippen molar-refractivity contribution in [2.24, 2.45) is 13.0 Å². The quantitative estimate of drug-likeness (QED) is 0.346. The van der Waals surface area contributed by atoms with Crippen LogP contribution in [0.25, 0.3) is 32.6 Å². The molecule has 0 radical (unpaired) electrons. The second kappa shape index (κ2) is 6.75. The number of hydrogen-bond acceptors (Lipinski definition) is 2. The Bertz CT molecular complexity index is 1290. The molecule has 2 aromatic heterocycles. The molecule has 0 atom stereocenters. The molecule has 2 heterocycles. The van der Waals surface area contributed by atoms with E-state index in [4.69, 9.17) is 4.98 Å². The van der Waals surface area contributed by atoms with Crippen molar-refractivity contribution in [2.75, 3.05) is 0 Å². The van der Waals surface area contributed by atoms with E-state index in [9.17, 15) is 0 Å². The van der Waals surface area contributed by atoms with E-state index in [1.165, 1.54) is 54.9 Å². The molecule has 1 aliphatic rings. The van der Waals surface area contributed by atoms with Crippen LogP contribution < -0.4 is 4.57 Å². The molecule has 0 N–H and O–H groups in total. The van der Waals surface area contributed by atoms with Crippen molar-refractivity contribution in [3.63, 3.8) is 0 Å². The minimum Gasteiger partial charge on any atom is -0.231 e. The number of thiophene rings is 1. The molecule has 0 spiro atoms. The van der Waals surface area contributed by atoms with E-state index in [2.05, 4.69) is 88.0 Å². The van der Waals surface area contributed by atoms with Crippen molar-refractivity contribution in [1.82, 2.24) is 4.98 Å². The largest absolute Gasteiger partial charge is 0.287 e. The van der Waals surface area contributed by atoms with E-state index in [0.29, 0.717) is 5.92 Å². The second-order valence-electron chi connectivity index (χ2n) is 9.62. The minimum absolute atomic E-state index is 0.0113. The molecule has 30 heavy (non-hydrogen) atoms. The second-order valence-corrected chi connectivity index (χ2v) is 10.5. The first-order chi connectivity index (χ1) is 14.3. The van der Waals surface area contributed by atoms with Crippen LogP contribution >= 0.6 is 11.3 Å². The highest BCUT2D eigenvalue weighted by atomic mass is 32.1. The number of aromatic nitrogens is 2. The van der Waals surface area contributed by atoms with Gasteiger partial charge in [-0.15, -0.1) is 11.3 Å². The minimum atomic E-state index is 0.0113. The summed E-state index contributed by atoms with van der Waals surface area (Å²) in [4.78, 5) is 4.82. The fourth-order valence-corrected chi connectivity index (χ4v) is 6.20. The molecule has 0 fully saturated rings. The SMILES string of the molecule is Cc1cc2c(cc1-c1c3scc(CC(C)C)c3nc[n+]1C)C(C)(C)c1ccccc1-2. The Labute approximate surface area is 183 Å². The van der Waals surface area contributed by atoms with Gasteiger partial charge in [0.2, 0.25) is 5.52 Å². The van der Waals surface area contributed by atoms with Gasteiger partial charge in [-0.3, -0.25) is 0 Å². The summed E-state index contributed by atoms with van der Waals surface area (Å²) in [6.07, 6.45) is 3.06. The van der Waals surface area contributed by atoms with Crippen molar-refractivity contribution < 1.29 is 4.57 Å². The third-order valence-corrected chi connectivity index (χ3v) is 7.60. The van der Waals surface area contributed by atoms with Gasteiger partial charge in [0.15, 0.2) is 5.69 Å². The predicted molar refractivity (Wildman–Crippen MR) is 127 cm³/mol. The summed E-state index contributed by atoms with van der Waals surface area (Å²) in [5.74, 6) is 0.628. The Kier molecular flexibility index (Phi) is 4.37. The van der Waals surface area contributed by atoms with E-state index < -0.39 is 0 Å². The predicted octanol–water partition coefficient (Wildman–Crippen LogP) is 6.60. The number of benzene rings is 2. The fourth-order valence-electron chi connectivity index (χ4n) is 5.07. The lowest BCUT2D eigenvalue weighted by Crippen LogP contribution is -2.31. The zero-order valence-electron chi connectivity index (χ0n) is 18.7. The standard InChI is InChI=1S/C27H29N2S/c1-16(2)11-18-14-30-26-24(18)28-15-29(6)25(26)20-13-23-21(12-17(20)3)19-9-7-8-10-22(19)27(23,4)5/h7-10,12-16H,11H2,1-6H3/q+1. The third-order valence-electron chi connectivity index (χ3n) is 6.58. The number of aryl methyl sites for hydroxylation is 2. The first-order valence-electron chi connectivity index (χ1n) is 10.8. The van der Waals surface area contributed by atoms with Crippen molar-refractivity contribution in [1.29, 1.82) is 0 Å². The Morgan fingerprint density at radius 2 is 1.80 bits per heavy atom. The molecule has 0 saturated carbocycles. The van der Waals surface area contributed by atoms with Gasteiger partial charge in [-0.25, -0.2) is 4.57 Å². The van der Waals surface area contributed by atoms with Crippen molar-refractivity contribution in [2.45, 2.75) is 46.5 Å². The summed E-state index contributed by atoms with van der Waals surface area (Å²) in [6.45, 7) is 11.5. The summed E-state index contributed by atoms with van der Waals surface area (Å²) in [5.41, 5.74) is 12.1. The molecule has 0 unspecified atom stereocenters. The van der Waals surface area contributed by atoms with Crippen molar-refractivity contribution in [3.05, 3.63) is 70.4 Å². The van der Waals surface area contributed by atoms with E-state index in [-0.39, 0.29) is 5.41 Å². The maximum absolute atomic E-state index is 4.82. The highest BCUT2D eigenvalue weighted by Gasteiger charge is 2.36. The Morgan fingerprint density at radius 1 is 1.03 bits per heavy atom. The zero-order valence-corrected chi connectivity index (χ0v) is 19.5. The molecule has 1 aliphatic carbocycles. The van der Waals surface area contributed by atoms with Gasteiger partial charge in [0.1, 0.15) is 4.70 Å². The normalized spacial score (nSPS) is 14.4. The molecule has 3 heteroatoms. The number of fused-ring (bicyclic) bond motifs is 4. The van der Waals surface area contributed by atoms with E-state index in [1.807, 2.05) is 17.7 Å². The van der Waals surface area contributed by atoms with Gasteiger partial charge in [-0.2, -0.15) is 0 Å². The van der Waals surface area contributed by atoms with Crippen LogP contribution in [0.4, 0.5) is 0 Å². The van der Waals surface area contributed by atoms with Gasteiger partial charge in [0.05, 0.1) is 7.05 Å². The molecule has 2 aromatic carbocycles. The molecule has 4 aromatic rings. The van der Waals surface area contributed by atoms with Crippen LogP contribution in [-0.2, 0) is 18.9 Å². The van der Waals surface area contributed by atoms with Crippen LogP contribution in [0, 0.1) is 12.8 Å². The summed E-state index contributed by atoms with van der Waals surface area (Å²) in [6, 6.07) is 13.7. The van der Waals surface area contributed by atoms with Crippen molar-refractivity contribution >= 4 is 21.6 Å². The third kappa shape index (κ3) is 2.75. The smallest absolute Gasteiger partial charge is 0.231 e. The first-order valence-corrected chi connectivity index (χ1v) is 11.7. The van der Waals surface area contributed by atoms with Gasteiger partial charge in [0, 0.05) is 16.5 Å². The molecule has 5 rings (SSSR count). The van der Waals surface area contributed by atoms with Gasteiger partial charge in [-0.05, 0) is 63.5 Å². The van der Waals surface area contributed by atoms with Crippen LogP contribution in [0.1, 0.15) is 49.9 Å². The van der Waals surface area contributed by atoms with Gasteiger partial charge >= 0.3 is 0 Å². The molecular weight excluding hydrogens is 384 g/mol. The lowest BCUT2D eigenvalue weighted by Gasteiger charge is -2.22. The van der Waals surface area contributed by atoms with Crippen LogP contribution in [0.5, 0.6) is 0 Å². The summed E-state index contributed by atoms with van der Waals surface area (Å²) in [7, 11) is 2.12. The van der Waals surface area contributed by atoms with Crippen LogP contribution in [0.2, 0.25) is 0 Å². The molecule has 0 amide bonds. The molecule has 0 bridgehead atoms. The zero-order chi connectivity index (χ0) is 21.2. The maximum Gasteiger partial charge on any atom is 0.287 e. The summed E-state index contributed by atoms with van der Waals surface area (Å²) >= 11 is 1.84. The monoisotopic (exact) mass is 413 g/mol. The lowest BCUT2D eigenvalue weighted by atomic mass is 9.81. The summed E-state index contributed by atoms with van der Waals surface area (Å²) in [5, 5.41) is 2.31. The van der Waals surface area contributed by atoms with Gasteiger partial charge in [-0.1, -0.05) is 58.0 Å². The van der Waals surface area contributed by atoms with Gasteiger partial charge < -0.3 is 0 Å². The number of hydrogen-bond donors (Lipinski definition) is 0. The highest BCUT2D eigenvalue weighted by Crippen LogP contribution is 2.50. The first kappa shape index (κ1) is 19.4. The van der Waals surface area contributed by atoms with E-state index in [0.717, 1.165) is 6.42 Å². The summed E-state index contributed by atoms with van der Waals surface area (Å²) < 4.78 is 3.49. The van der Waals surface area contributed by atoms with E-state index >= 15 is 0 Å². The molecule has 0 aliphatic heterocycles. The van der Waals surface area contributed by atoms with Crippen LogP contribution in [0.3, 0.4) is 0 Å². The highest BCUT2D eigenvalue weighted by molar-refractivity contribution is 7.17. The maximum atomic E-state index is 4.82. The van der Waals surface area contributed by atoms with Crippen LogP contribution in [0.15, 0.2) is 48.1 Å². The Balaban J connectivity index is 1.76. The molecular formula is C27H29N2S+. The molecule has 152 valence electrons. The average Bonchev–Trinajstić information content (AvgIpc) is 3.18. The number of rotatable bonds is 3. The molecule has 0 saturated heterocycles. The Morgan fingerprint density at radius 3 is 2.57 bits per heavy atom. The molecule has 2 nitrogen and oxygen atoms in total. The van der Waals surface area contributed by atoms with Gasteiger partial charge in [0.25, 0.3) is 6.33 Å². The number of nitrogens with zero attached hydrogens (tertiary/aromatic N) is 2. The van der Waals surface area contributed by atoms with Crippen molar-refractivity contribution in [3.8, 4) is 22.4 Å². The topological polar surface area (TPSA) is 16.8 Å². The lowest BCUT2D eigenvalue weighted by molar-refractivity contribution is -0.662. The fraction of sp³-hybridized carbons (Fsp3) is 0.333. The van der Waals surface area contributed by atoms with Crippen LogP contribution in [-0.4, -0.2) is 4.98 Å².